The van der Waals surface area contributed by atoms with Gasteiger partial charge in [-0.3, -0.25) is 9.59 Å². The van der Waals surface area contributed by atoms with E-state index >= 15 is 0 Å². The first-order chi connectivity index (χ1) is 9.31. The smallest absolute Gasteiger partial charge is 0.326 e. The molecule has 8 nitrogen and oxygen atoms in total. The number of nitrogens with two attached hydrogens (primary N) is 1. The molecule has 0 saturated heterocycles. The summed E-state index contributed by atoms with van der Waals surface area (Å²) in [4.78, 5) is 33.3. The molecule has 1 aromatic rings. The first kappa shape index (κ1) is 15.3. The standard InChI is InChI=1S/C12H14N2O6/c13-10(17)4-2-7(12(19)20)14-11(18)6-1-3-8(15)9(16)5-6/h1,3,5,7,15-16H,2,4H2,(H2,13,17)(H,14,18)(H,19,20)/t7-/m0/s1. The van der Waals surface area contributed by atoms with Gasteiger partial charge in [0.1, 0.15) is 6.04 Å². The van der Waals surface area contributed by atoms with E-state index < -0.39 is 35.3 Å². The topological polar surface area (TPSA) is 150 Å². The molecule has 1 aromatic carbocycles. The van der Waals surface area contributed by atoms with E-state index in [0.29, 0.717) is 0 Å². The fraction of sp³-hybridized carbons (Fsp3) is 0.250. The monoisotopic (exact) mass is 282 g/mol. The Morgan fingerprint density at radius 1 is 1.20 bits per heavy atom. The Labute approximate surface area is 113 Å². The third kappa shape index (κ3) is 4.16. The van der Waals surface area contributed by atoms with Gasteiger partial charge in [-0.15, -0.1) is 0 Å². The van der Waals surface area contributed by atoms with Gasteiger partial charge in [0.2, 0.25) is 5.91 Å². The lowest BCUT2D eigenvalue weighted by atomic mass is 10.1. The number of phenols is 2. The Morgan fingerprint density at radius 3 is 2.35 bits per heavy atom. The number of carbonyl (C=O) groups is 3. The lowest BCUT2D eigenvalue weighted by molar-refractivity contribution is -0.139. The molecular weight excluding hydrogens is 268 g/mol. The average molecular weight is 282 g/mol. The van der Waals surface area contributed by atoms with Crippen molar-refractivity contribution in [2.75, 3.05) is 0 Å². The van der Waals surface area contributed by atoms with Crippen molar-refractivity contribution in [1.29, 1.82) is 0 Å². The van der Waals surface area contributed by atoms with Crippen LogP contribution in [0.15, 0.2) is 18.2 Å². The van der Waals surface area contributed by atoms with E-state index in [0.717, 1.165) is 12.1 Å². The van der Waals surface area contributed by atoms with E-state index in [-0.39, 0.29) is 18.4 Å². The van der Waals surface area contributed by atoms with E-state index in [9.17, 15) is 19.5 Å². The number of aliphatic carboxylic acids is 1. The summed E-state index contributed by atoms with van der Waals surface area (Å²) in [7, 11) is 0. The van der Waals surface area contributed by atoms with Crippen LogP contribution in [0.5, 0.6) is 11.5 Å². The minimum atomic E-state index is -1.30. The van der Waals surface area contributed by atoms with Gasteiger partial charge in [-0.2, -0.15) is 0 Å². The second kappa shape index (κ2) is 6.41. The lowest BCUT2D eigenvalue weighted by Gasteiger charge is -2.13. The Balaban J connectivity index is 2.77. The molecule has 0 radical (unpaired) electrons. The molecule has 0 aliphatic heterocycles. The van der Waals surface area contributed by atoms with Crippen LogP contribution < -0.4 is 11.1 Å². The van der Waals surface area contributed by atoms with Crippen molar-refractivity contribution in [3.05, 3.63) is 23.8 Å². The zero-order valence-corrected chi connectivity index (χ0v) is 10.4. The number of nitrogens with one attached hydrogen (secondary N) is 1. The van der Waals surface area contributed by atoms with Gasteiger partial charge in [-0.05, 0) is 24.6 Å². The number of amides is 2. The van der Waals surface area contributed by atoms with Crippen LogP contribution in [0.2, 0.25) is 0 Å². The first-order valence-electron chi connectivity index (χ1n) is 5.65. The van der Waals surface area contributed by atoms with Crippen LogP contribution in [0.4, 0.5) is 0 Å². The molecule has 1 atom stereocenters. The predicted molar refractivity (Wildman–Crippen MR) is 67.1 cm³/mol. The van der Waals surface area contributed by atoms with Gasteiger partial charge >= 0.3 is 5.97 Å². The minimum Gasteiger partial charge on any atom is -0.504 e. The second-order valence-corrected chi connectivity index (χ2v) is 4.07. The number of benzene rings is 1. The highest BCUT2D eigenvalue weighted by molar-refractivity contribution is 5.97. The van der Waals surface area contributed by atoms with Crippen LogP contribution in [0.3, 0.4) is 0 Å². The third-order valence-electron chi connectivity index (χ3n) is 2.52. The molecule has 108 valence electrons. The first-order valence-corrected chi connectivity index (χ1v) is 5.65. The quantitative estimate of drug-likeness (QED) is 0.446. The number of carboxylic acid groups (broad SMARTS) is 1. The molecule has 8 heteroatoms. The summed E-state index contributed by atoms with van der Waals surface area (Å²) in [5, 5.41) is 29.5. The highest BCUT2D eigenvalue weighted by atomic mass is 16.4. The Bertz CT molecular complexity index is 543. The summed E-state index contributed by atoms with van der Waals surface area (Å²) in [6.45, 7) is 0. The number of primary amides is 1. The van der Waals surface area contributed by atoms with Crippen molar-refractivity contribution in [1.82, 2.24) is 5.32 Å². The lowest BCUT2D eigenvalue weighted by Crippen LogP contribution is -2.41. The van der Waals surface area contributed by atoms with Crippen LogP contribution in [0.25, 0.3) is 0 Å². The number of phenolic OH excluding ortho intramolecular Hbond substituents is 2. The van der Waals surface area contributed by atoms with Crippen LogP contribution in [-0.4, -0.2) is 39.1 Å². The van der Waals surface area contributed by atoms with Crippen molar-refractivity contribution in [3.63, 3.8) is 0 Å². The summed E-state index contributed by atoms with van der Waals surface area (Å²) >= 11 is 0. The minimum absolute atomic E-state index is 0.0226. The van der Waals surface area contributed by atoms with Crippen molar-refractivity contribution in [3.8, 4) is 11.5 Å². The van der Waals surface area contributed by atoms with Crippen LogP contribution in [-0.2, 0) is 9.59 Å². The molecular formula is C12H14N2O6. The van der Waals surface area contributed by atoms with Gasteiger partial charge in [-0.25, -0.2) is 4.79 Å². The molecule has 0 bridgehead atoms. The molecule has 0 spiro atoms. The normalized spacial score (nSPS) is 11.6. The molecule has 6 N–H and O–H groups in total. The fourth-order valence-corrected chi connectivity index (χ4v) is 1.45. The third-order valence-corrected chi connectivity index (χ3v) is 2.52. The summed E-state index contributed by atoms with van der Waals surface area (Å²) in [6.07, 6.45) is -0.321. The number of rotatable bonds is 6. The Hall–Kier alpha value is -2.77. The van der Waals surface area contributed by atoms with Gasteiger partial charge in [0.05, 0.1) is 0 Å². The average Bonchev–Trinajstić information content (AvgIpc) is 2.36. The molecule has 0 heterocycles. The maximum atomic E-state index is 11.8. The second-order valence-electron chi connectivity index (χ2n) is 4.07. The maximum Gasteiger partial charge on any atom is 0.326 e. The number of hydrogen-bond acceptors (Lipinski definition) is 5. The zero-order valence-electron chi connectivity index (χ0n) is 10.4. The van der Waals surface area contributed by atoms with E-state index in [2.05, 4.69) is 5.32 Å². The Morgan fingerprint density at radius 2 is 1.85 bits per heavy atom. The maximum absolute atomic E-state index is 11.8. The number of carbonyl (C=O) groups excluding carboxylic acids is 2. The number of carboxylic acids is 1. The summed E-state index contributed by atoms with van der Waals surface area (Å²) in [5.74, 6) is -3.63. The van der Waals surface area contributed by atoms with Gasteiger partial charge < -0.3 is 26.4 Å². The number of aromatic hydroxyl groups is 2. The summed E-state index contributed by atoms with van der Waals surface area (Å²) in [6, 6.07) is 2.05. The number of hydrogen-bond donors (Lipinski definition) is 5. The largest absolute Gasteiger partial charge is 0.504 e. The van der Waals surface area contributed by atoms with Crippen LogP contribution in [0.1, 0.15) is 23.2 Å². The van der Waals surface area contributed by atoms with Crippen LogP contribution >= 0.6 is 0 Å². The van der Waals surface area contributed by atoms with Gasteiger partial charge in [0.25, 0.3) is 5.91 Å². The van der Waals surface area contributed by atoms with E-state index in [1.165, 1.54) is 6.07 Å². The summed E-state index contributed by atoms with van der Waals surface area (Å²) < 4.78 is 0. The highest BCUT2D eigenvalue weighted by Gasteiger charge is 2.21. The molecule has 0 saturated carbocycles. The summed E-state index contributed by atoms with van der Waals surface area (Å²) in [5.41, 5.74) is 4.89. The van der Waals surface area contributed by atoms with Gasteiger partial charge in [0.15, 0.2) is 11.5 Å². The molecule has 2 amide bonds. The van der Waals surface area contributed by atoms with E-state index in [4.69, 9.17) is 15.9 Å². The molecule has 1 rings (SSSR count). The van der Waals surface area contributed by atoms with Crippen molar-refractivity contribution >= 4 is 17.8 Å². The highest BCUT2D eigenvalue weighted by Crippen LogP contribution is 2.24. The van der Waals surface area contributed by atoms with Crippen molar-refractivity contribution in [2.24, 2.45) is 5.73 Å². The van der Waals surface area contributed by atoms with Gasteiger partial charge in [0, 0.05) is 12.0 Å². The van der Waals surface area contributed by atoms with E-state index in [1.54, 1.807) is 0 Å². The molecule has 0 aromatic heterocycles. The molecule has 0 unspecified atom stereocenters. The SMILES string of the molecule is NC(=O)CC[C@H](NC(=O)c1ccc(O)c(O)c1)C(=O)O. The van der Waals surface area contributed by atoms with Gasteiger partial charge in [-0.1, -0.05) is 0 Å². The molecule has 0 aliphatic rings. The zero-order chi connectivity index (χ0) is 15.3. The molecule has 0 fully saturated rings. The Kier molecular flexibility index (Phi) is 4.90. The van der Waals surface area contributed by atoms with Crippen molar-refractivity contribution in [2.45, 2.75) is 18.9 Å². The molecule has 20 heavy (non-hydrogen) atoms. The van der Waals surface area contributed by atoms with Crippen molar-refractivity contribution < 1.29 is 29.7 Å². The predicted octanol–water partition coefficient (Wildman–Crippen LogP) is -0.454. The molecule has 0 aliphatic carbocycles. The van der Waals surface area contributed by atoms with E-state index in [1.807, 2.05) is 0 Å². The van der Waals surface area contributed by atoms with Crippen LogP contribution in [0, 0.1) is 0 Å². The fourth-order valence-electron chi connectivity index (χ4n) is 1.45.